The maximum atomic E-state index is 12.5. The molecule has 19 heavy (non-hydrogen) atoms. The molecule has 0 aliphatic carbocycles. The molecular weight excluding hydrogens is 242 g/mol. The van der Waals surface area contributed by atoms with Gasteiger partial charge in [-0.3, -0.25) is 9.59 Å². The van der Waals surface area contributed by atoms with Gasteiger partial charge in [-0.2, -0.15) is 0 Å². The van der Waals surface area contributed by atoms with E-state index in [1.165, 1.54) is 0 Å². The van der Waals surface area contributed by atoms with Crippen LogP contribution in [-0.2, 0) is 9.59 Å². The standard InChI is InChI=1S/C14H25N3O2/c1-10(2)15-12-5-4-8-17(14(12)19)11-6-7-13(18)16(3)9-11/h10-12,15H,4-9H2,1-3H3. The first-order chi connectivity index (χ1) is 8.99. The summed E-state index contributed by atoms with van der Waals surface area (Å²) in [6, 6.07) is 0.480. The number of amides is 2. The van der Waals surface area contributed by atoms with E-state index in [1.807, 2.05) is 11.9 Å². The Hall–Kier alpha value is -1.10. The van der Waals surface area contributed by atoms with Crippen LogP contribution in [0, 0.1) is 0 Å². The Bertz CT molecular complexity index is 357. The van der Waals surface area contributed by atoms with E-state index in [4.69, 9.17) is 0 Å². The summed E-state index contributed by atoms with van der Waals surface area (Å²) in [6.45, 7) is 5.65. The van der Waals surface area contributed by atoms with Gasteiger partial charge in [-0.1, -0.05) is 13.8 Å². The average molecular weight is 267 g/mol. The van der Waals surface area contributed by atoms with Gasteiger partial charge >= 0.3 is 0 Å². The molecule has 0 spiro atoms. The maximum Gasteiger partial charge on any atom is 0.240 e. The number of rotatable bonds is 3. The van der Waals surface area contributed by atoms with Crippen molar-refractivity contribution < 1.29 is 9.59 Å². The summed E-state index contributed by atoms with van der Waals surface area (Å²) in [6.07, 6.45) is 3.34. The summed E-state index contributed by atoms with van der Waals surface area (Å²) in [5, 5.41) is 3.35. The minimum absolute atomic E-state index is 0.0447. The van der Waals surface area contributed by atoms with E-state index in [-0.39, 0.29) is 23.9 Å². The van der Waals surface area contributed by atoms with E-state index in [0.717, 1.165) is 25.8 Å². The van der Waals surface area contributed by atoms with Crippen molar-refractivity contribution in [1.29, 1.82) is 0 Å². The fraction of sp³-hybridized carbons (Fsp3) is 0.857. The molecule has 0 aromatic rings. The van der Waals surface area contributed by atoms with E-state index in [1.54, 1.807) is 4.90 Å². The number of carbonyl (C=O) groups excluding carboxylic acids is 2. The van der Waals surface area contributed by atoms with Crippen LogP contribution in [-0.4, -0.2) is 59.9 Å². The number of nitrogens with one attached hydrogen (secondary N) is 1. The largest absolute Gasteiger partial charge is 0.344 e. The topological polar surface area (TPSA) is 52.7 Å². The summed E-state index contributed by atoms with van der Waals surface area (Å²) in [4.78, 5) is 27.8. The van der Waals surface area contributed by atoms with Gasteiger partial charge < -0.3 is 15.1 Å². The van der Waals surface area contributed by atoms with E-state index in [2.05, 4.69) is 19.2 Å². The quantitative estimate of drug-likeness (QED) is 0.814. The van der Waals surface area contributed by atoms with Gasteiger partial charge in [-0.05, 0) is 19.3 Å². The molecule has 0 radical (unpaired) electrons. The summed E-state index contributed by atoms with van der Waals surface area (Å²) in [5.41, 5.74) is 0. The van der Waals surface area contributed by atoms with Crippen LogP contribution in [0.4, 0.5) is 0 Å². The molecule has 108 valence electrons. The third-order valence-corrected chi connectivity index (χ3v) is 4.05. The SMILES string of the molecule is CC(C)NC1CCCN(C2CCC(=O)N(C)C2)C1=O. The average Bonchev–Trinajstić information content (AvgIpc) is 2.35. The third-order valence-electron chi connectivity index (χ3n) is 4.05. The zero-order valence-electron chi connectivity index (χ0n) is 12.2. The highest BCUT2D eigenvalue weighted by molar-refractivity contribution is 5.83. The fourth-order valence-electron chi connectivity index (χ4n) is 3.06. The van der Waals surface area contributed by atoms with Crippen molar-refractivity contribution in [1.82, 2.24) is 15.1 Å². The van der Waals surface area contributed by atoms with Crippen LogP contribution in [0.3, 0.4) is 0 Å². The molecule has 5 nitrogen and oxygen atoms in total. The molecular formula is C14H25N3O2. The van der Waals surface area contributed by atoms with E-state index in [9.17, 15) is 9.59 Å². The Labute approximate surface area is 115 Å². The number of likely N-dealkylation sites (tertiary alicyclic amines) is 2. The minimum Gasteiger partial charge on any atom is -0.344 e. The predicted molar refractivity (Wildman–Crippen MR) is 73.7 cm³/mol. The first-order valence-corrected chi connectivity index (χ1v) is 7.29. The molecule has 0 bridgehead atoms. The zero-order valence-corrected chi connectivity index (χ0v) is 12.2. The summed E-state index contributed by atoms with van der Waals surface area (Å²) in [7, 11) is 1.83. The Morgan fingerprint density at radius 3 is 2.63 bits per heavy atom. The molecule has 2 heterocycles. The molecule has 2 atom stereocenters. The Kier molecular flexibility index (Phi) is 4.45. The molecule has 0 aromatic carbocycles. The van der Waals surface area contributed by atoms with Crippen LogP contribution in [0.1, 0.15) is 39.5 Å². The lowest BCUT2D eigenvalue weighted by Gasteiger charge is -2.42. The monoisotopic (exact) mass is 267 g/mol. The smallest absolute Gasteiger partial charge is 0.240 e. The molecule has 0 saturated carbocycles. The van der Waals surface area contributed by atoms with Crippen LogP contribution in [0.15, 0.2) is 0 Å². The molecule has 2 aliphatic rings. The zero-order chi connectivity index (χ0) is 14.0. The third kappa shape index (κ3) is 3.26. The van der Waals surface area contributed by atoms with Gasteiger partial charge in [0.15, 0.2) is 0 Å². The van der Waals surface area contributed by atoms with Crippen molar-refractivity contribution in [2.45, 2.75) is 57.7 Å². The van der Waals surface area contributed by atoms with E-state index >= 15 is 0 Å². The van der Waals surface area contributed by atoms with Crippen molar-refractivity contribution in [2.75, 3.05) is 20.1 Å². The van der Waals surface area contributed by atoms with Crippen LogP contribution in [0.2, 0.25) is 0 Å². The Morgan fingerprint density at radius 2 is 2.00 bits per heavy atom. The predicted octanol–water partition coefficient (Wildman–Crippen LogP) is 0.596. The second kappa shape index (κ2) is 5.90. The highest BCUT2D eigenvalue weighted by Gasteiger charge is 2.36. The van der Waals surface area contributed by atoms with Gasteiger partial charge in [-0.15, -0.1) is 0 Å². The van der Waals surface area contributed by atoms with Crippen LogP contribution < -0.4 is 5.32 Å². The van der Waals surface area contributed by atoms with Crippen LogP contribution in [0.25, 0.3) is 0 Å². The van der Waals surface area contributed by atoms with Crippen molar-refractivity contribution in [3.8, 4) is 0 Å². The van der Waals surface area contributed by atoms with Crippen molar-refractivity contribution in [3.05, 3.63) is 0 Å². The van der Waals surface area contributed by atoms with Crippen molar-refractivity contribution in [2.24, 2.45) is 0 Å². The number of nitrogens with zero attached hydrogens (tertiary/aromatic N) is 2. The number of hydrogen-bond acceptors (Lipinski definition) is 3. The number of likely N-dealkylation sites (N-methyl/N-ethyl adjacent to an activating group) is 1. The van der Waals surface area contributed by atoms with Crippen molar-refractivity contribution >= 4 is 11.8 Å². The number of piperidine rings is 2. The Balaban J connectivity index is 1.99. The molecule has 5 heteroatoms. The lowest BCUT2D eigenvalue weighted by atomic mass is 9.97. The van der Waals surface area contributed by atoms with Gasteiger partial charge in [-0.25, -0.2) is 0 Å². The van der Waals surface area contributed by atoms with Gasteiger partial charge in [0.2, 0.25) is 11.8 Å². The second-order valence-corrected chi connectivity index (χ2v) is 6.01. The fourth-order valence-corrected chi connectivity index (χ4v) is 3.06. The number of carbonyl (C=O) groups is 2. The first kappa shape index (κ1) is 14.3. The minimum atomic E-state index is -0.0447. The van der Waals surface area contributed by atoms with Crippen LogP contribution in [0.5, 0.6) is 0 Å². The first-order valence-electron chi connectivity index (χ1n) is 7.29. The van der Waals surface area contributed by atoms with Crippen molar-refractivity contribution in [3.63, 3.8) is 0 Å². The molecule has 2 amide bonds. The Morgan fingerprint density at radius 1 is 1.26 bits per heavy atom. The lowest BCUT2D eigenvalue weighted by Crippen LogP contribution is -2.58. The summed E-state index contributed by atoms with van der Waals surface area (Å²) in [5.74, 6) is 0.408. The highest BCUT2D eigenvalue weighted by Crippen LogP contribution is 2.21. The second-order valence-electron chi connectivity index (χ2n) is 6.01. The van der Waals surface area contributed by atoms with E-state index < -0.39 is 0 Å². The van der Waals surface area contributed by atoms with Gasteiger partial charge in [0, 0.05) is 38.6 Å². The molecule has 1 N–H and O–H groups in total. The molecule has 0 aromatic heterocycles. The van der Waals surface area contributed by atoms with Gasteiger partial charge in [0.05, 0.1) is 6.04 Å². The maximum absolute atomic E-state index is 12.5. The summed E-state index contributed by atoms with van der Waals surface area (Å²) < 4.78 is 0. The number of hydrogen-bond donors (Lipinski definition) is 1. The van der Waals surface area contributed by atoms with Gasteiger partial charge in [0.25, 0.3) is 0 Å². The molecule has 2 rings (SSSR count). The van der Waals surface area contributed by atoms with Gasteiger partial charge in [0.1, 0.15) is 0 Å². The molecule has 2 fully saturated rings. The van der Waals surface area contributed by atoms with Crippen LogP contribution >= 0.6 is 0 Å². The lowest BCUT2D eigenvalue weighted by molar-refractivity contribution is -0.144. The normalized spacial score (nSPS) is 29.3. The highest BCUT2D eigenvalue weighted by atomic mass is 16.2. The molecule has 2 unspecified atom stereocenters. The molecule has 2 aliphatic heterocycles. The molecule has 2 saturated heterocycles. The van der Waals surface area contributed by atoms with E-state index in [0.29, 0.717) is 19.0 Å². The summed E-state index contributed by atoms with van der Waals surface area (Å²) >= 11 is 0.